The quantitative estimate of drug-likeness (QED) is 0.835. The third kappa shape index (κ3) is 4.53. The number of hydrogen-bond acceptors (Lipinski definition) is 5. The van der Waals surface area contributed by atoms with Gasteiger partial charge >= 0.3 is 0 Å². The van der Waals surface area contributed by atoms with Gasteiger partial charge in [0.2, 0.25) is 0 Å². The second-order valence-corrected chi connectivity index (χ2v) is 6.30. The molecule has 0 aromatic carbocycles. The highest BCUT2D eigenvalue weighted by Crippen LogP contribution is 2.20. The lowest BCUT2D eigenvalue weighted by molar-refractivity contribution is -0.0526. The molecule has 0 spiro atoms. The average Bonchev–Trinajstić information content (AvgIpc) is 2.98. The van der Waals surface area contributed by atoms with Gasteiger partial charge in [0, 0.05) is 23.8 Å². The molecule has 1 fully saturated rings. The summed E-state index contributed by atoms with van der Waals surface area (Å²) in [5.74, 6) is 0. The number of aryl methyl sites for hydroxylation is 2. The molecule has 1 N–H and O–H groups in total. The Kier molecular flexibility index (Phi) is 5.76. The van der Waals surface area contributed by atoms with E-state index >= 15 is 0 Å². The van der Waals surface area contributed by atoms with E-state index in [1.54, 1.807) is 11.3 Å². The summed E-state index contributed by atoms with van der Waals surface area (Å²) in [7, 11) is 0. The van der Waals surface area contributed by atoms with Gasteiger partial charge in [-0.05, 0) is 26.8 Å². The predicted octanol–water partition coefficient (Wildman–Crippen LogP) is 2.43. The standard InChI is InChI=1S/C14H24N2O2S/c1-4-5-15-12(9-14-17-6-7-18-14)8-13-16-10(2)11(3)19-13/h12,14-15H,4-9H2,1-3H3. The summed E-state index contributed by atoms with van der Waals surface area (Å²) >= 11 is 1.80. The first-order valence-electron chi connectivity index (χ1n) is 7.08. The molecule has 5 heteroatoms. The highest BCUT2D eigenvalue weighted by Gasteiger charge is 2.22. The van der Waals surface area contributed by atoms with E-state index in [0.29, 0.717) is 6.04 Å². The lowest BCUT2D eigenvalue weighted by Gasteiger charge is -2.20. The van der Waals surface area contributed by atoms with Crippen LogP contribution >= 0.6 is 11.3 Å². The molecule has 1 aromatic heterocycles. The van der Waals surface area contributed by atoms with Gasteiger partial charge in [0.05, 0.1) is 23.9 Å². The second-order valence-electron chi connectivity index (χ2n) is 5.01. The third-order valence-electron chi connectivity index (χ3n) is 3.34. The Bertz CT molecular complexity index is 369. The first-order chi connectivity index (χ1) is 9.19. The van der Waals surface area contributed by atoms with Crippen molar-refractivity contribution in [1.29, 1.82) is 0 Å². The van der Waals surface area contributed by atoms with E-state index in [2.05, 4.69) is 31.1 Å². The zero-order chi connectivity index (χ0) is 13.7. The smallest absolute Gasteiger partial charge is 0.159 e. The molecule has 2 heterocycles. The SMILES string of the molecule is CCCNC(Cc1nc(C)c(C)s1)CC1OCCO1. The molecule has 0 radical (unpaired) electrons. The van der Waals surface area contributed by atoms with Crippen molar-refractivity contribution in [3.05, 3.63) is 15.6 Å². The molecule has 0 amide bonds. The van der Waals surface area contributed by atoms with Crippen LogP contribution in [0.5, 0.6) is 0 Å². The summed E-state index contributed by atoms with van der Waals surface area (Å²) < 4.78 is 11.1. The highest BCUT2D eigenvalue weighted by atomic mass is 32.1. The van der Waals surface area contributed by atoms with E-state index in [1.807, 2.05) is 0 Å². The Hall–Kier alpha value is -0.490. The third-order valence-corrected chi connectivity index (χ3v) is 4.44. The van der Waals surface area contributed by atoms with E-state index in [-0.39, 0.29) is 6.29 Å². The van der Waals surface area contributed by atoms with Crippen molar-refractivity contribution in [1.82, 2.24) is 10.3 Å². The lowest BCUT2D eigenvalue weighted by atomic mass is 10.1. The van der Waals surface area contributed by atoms with Crippen molar-refractivity contribution in [3.8, 4) is 0 Å². The largest absolute Gasteiger partial charge is 0.350 e. The van der Waals surface area contributed by atoms with Gasteiger partial charge in [0.15, 0.2) is 6.29 Å². The topological polar surface area (TPSA) is 43.4 Å². The van der Waals surface area contributed by atoms with Crippen molar-refractivity contribution in [2.24, 2.45) is 0 Å². The molecule has 1 aliphatic heterocycles. The maximum Gasteiger partial charge on any atom is 0.159 e. The molecular weight excluding hydrogens is 260 g/mol. The summed E-state index contributed by atoms with van der Waals surface area (Å²) in [6, 6.07) is 0.382. The van der Waals surface area contributed by atoms with Crippen LogP contribution < -0.4 is 5.32 Å². The van der Waals surface area contributed by atoms with Crippen LogP contribution in [0.4, 0.5) is 0 Å². The summed E-state index contributed by atoms with van der Waals surface area (Å²) in [6.45, 7) is 8.87. The molecule has 1 atom stereocenters. The normalized spacial score (nSPS) is 18.1. The number of nitrogens with zero attached hydrogens (tertiary/aromatic N) is 1. The van der Waals surface area contributed by atoms with Crippen molar-refractivity contribution < 1.29 is 9.47 Å². The fourth-order valence-corrected chi connectivity index (χ4v) is 3.21. The van der Waals surface area contributed by atoms with Crippen LogP contribution in [0.25, 0.3) is 0 Å². The van der Waals surface area contributed by atoms with Crippen LogP contribution in [0.1, 0.15) is 35.3 Å². The van der Waals surface area contributed by atoms with Gasteiger partial charge in [-0.15, -0.1) is 11.3 Å². The predicted molar refractivity (Wildman–Crippen MR) is 77.7 cm³/mol. The van der Waals surface area contributed by atoms with Crippen LogP contribution in [-0.2, 0) is 15.9 Å². The summed E-state index contributed by atoms with van der Waals surface area (Å²) in [6.07, 6.45) is 2.95. The van der Waals surface area contributed by atoms with Gasteiger partial charge in [-0.3, -0.25) is 0 Å². The maximum atomic E-state index is 5.55. The lowest BCUT2D eigenvalue weighted by Crippen LogP contribution is -2.35. The molecule has 0 saturated carbocycles. The van der Waals surface area contributed by atoms with E-state index in [1.165, 1.54) is 9.88 Å². The van der Waals surface area contributed by atoms with Gasteiger partial charge in [-0.2, -0.15) is 0 Å². The van der Waals surface area contributed by atoms with E-state index in [9.17, 15) is 0 Å². The van der Waals surface area contributed by atoms with Crippen LogP contribution in [0.3, 0.4) is 0 Å². The molecule has 1 aromatic rings. The number of rotatable bonds is 7. The zero-order valence-electron chi connectivity index (χ0n) is 12.1. The number of aromatic nitrogens is 1. The molecule has 0 aliphatic carbocycles. The fourth-order valence-electron chi connectivity index (χ4n) is 2.20. The Morgan fingerprint density at radius 1 is 1.37 bits per heavy atom. The minimum Gasteiger partial charge on any atom is -0.350 e. The number of thiazole rings is 1. The molecule has 1 unspecified atom stereocenters. The molecular formula is C14H24N2O2S. The highest BCUT2D eigenvalue weighted by molar-refractivity contribution is 7.11. The Balaban J connectivity index is 1.91. The van der Waals surface area contributed by atoms with Gasteiger partial charge in [-0.1, -0.05) is 6.92 Å². The monoisotopic (exact) mass is 284 g/mol. The van der Waals surface area contributed by atoms with E-state index < -0.39 is 0 Å². The Morgan fingerprint density at radius 2 is 2.11 bits per heavy atom. The molecule has 2 rings (SSSR count). The molecule has 0 bridgehead atoms. The van der Waals surface area contributed by atoms with Crippen molar-refractivity contribution in [3.63, 3.8) is 0 Å². The second kappa shape index (κ2) is 7.33. The maximum absolute atomic E-state index is 5.55. The minimum absolute atomic E-state index is 0.0449. The van der Waals surface area contributed by atoms with E-state index in [0.717, 1.165) is 44.7 Å². The van der Waals surface area contributed by atoms with Crippen molar-refractivity contribution >= 4 is 11.3 Å². The Labute approximate surface area is 119 Å². The molecule has 1 saturated heterocycles. The first kappa shape index (κ1) is 14.9. The summed E-state index contributed by atoms with van der Waals surface area (Å²) in [4.78, 5) is 5.95. The number of nitrogens with one attached hydrogen (secondary N) is 1. The van der Waals surface area contributed by atoms with Crippen LogP contribution in [0, 0.1) is 13.8 Å². The van der Waals surface area contributed by atoms with Gasteiger partial charge < -0.3 is 14.8 Å². The number of ether oxygens (including phenoxy) is 2. The van der Waals surface area contributed by atoms with Gasteiger partial charge in [0.1, 0.15) is 0 Å². The summed E-state index contributed by atoms with van der Waals surface area (Å²) in [5, 5.41) is 4.79. The van der Waals surface area contributed by atoms with Crippen LogP contribution in [0.15, 0.2) is 0 Å². The zero-order valence-corrected chi connectivity index (χ0v) is 12.9. The van der Waals surface area contributed by atoms with Gasteiger partial charge in [-0.25, -0.2) is 4.98 Å². The van der Waals surface area contributed by atoms with Gasteiger partial charge in [0.25, 0.3) is 0 Å². The van der Waals surface area contributed by atoms with Crippen molar-refractivity contribution in [2.45, 2.75) is 52.4 Å². The average molecular weight is 284 g/mol. The van der Waals surface area contributed by atoms with E-state index in [4.69, 9.17) is 9.47 Å². The molecule has 4 nitrogen and oxygen atoms in total. The molecule has 19 heavy (non-hydrogen) atoms. The fraction of sp³-hybridized carbons (Fsp3) is 0.786. The molecule has 1 aliphatic rings. The van der Waals surface area contributed by atoms with Crippen LogP contribution in [-0.4, -0.2) is 37.1 Å². The van der Waals surface area contributed by atoms with Crippen molar-refractivity contribution in [2.75, 3.05) is 19.8 Å². The molecule has 108 valence electrons. The first-order valence-corrected chi connectivity index (χ1v) is 7.90. The minimum atomic E-state index is -0.0449. The number of hydrogen-bond donors (Lipinski definition) is 1. The Morgan fingerprint density at radius 3 is 2.68 bits per heavy atom. The van der Waals surface area contributed by atoms with Crippen LogP contribution in [0.2, 0.25) is 0 Å². The summed E-state index contributed by atoms with van der Waals surface area (Å²) in [5.41, 5.74) is 1.16.